The van der Waals surface area contributed by atoms with E-state index in [1.165, 1.54) is 10.4 Å². The number of nitrogens with one attached hydrogen (secondary N) is 2. The van der Waals surface area contributed by atoms with Gasteiger partial charge in [-0.05, 0) is 38.5 Å². The summed E-state index contributed by atoms with van der Waals surface area (Å²) in [7, 11) is 1.70. The van der Waals surface area contributed by atoms with Crippen LogP contribution in [0.15, 0.2) is 29.3 Å². The van der Waals surface area contributed by atoms with Crippen molar-refractivity contribution in [2.75, 3.05) is 20.2 Å². The summed E-state index contributed by atoms with van der Waals surface area (Å²) in [6.07, 6.45) is 0. The summed E-state index contributed by atoms with van der Waals surface area (Å²) >= 11 is 1.71. The molecule has 0 aliphatic carbocycles. The minimum absolute atomic E-state index is 0.0538. The zero-order valence-electron chi connectivity index (χ0n) is 16.6. The van der Waals surface area contributed by atoms with Crippen molar-refractivity contribution in [3.8, 4) is 5.75 Å². The van der Waals surface area contributed by atoms with Crippen molar-refractivity contribution >= 4 is 17.3 Å². The molecular formula is C20H30N4OS. The molecule has 0 aliphatic heterocycles. The Kier molecular flexibility index (Phi) is 7.03. The van der Waals surface area contributed by atoms with E-state index in [0.717, 1.165) is 35.5 Å². The van der Waals surface area contributed by atoms with Crippen molar-refractivity contribution in [1.29, 1.82) is 0 Å². The lowest BCUT2D eigenvalue weighted by Gasteiger charge is -2.27. The number of aryl methyl sites for hydroxylation is 2. The Morgan fingerprint density at radius 1 is 1.27 bits per heavy atom. The van der Waals surface area contributed by atoms with Crippen LogP contribution in [0.3, 0.4) is 0 Å². The molecule has 2 rings (SSSR count). The van der Waals surface area contributed by atoms with Gasteiger partial charge in [0, 0.05) is 23.4 Å². The molecule has 0 saturated carbocycles. The van der Waals surface area contributed by atoms with Gasteiger partial charge in [0.1, 0.15) is 5.75 Å². The van der Waals surface area contributed by atoms with E-state index < -0.39 is 0 Å². The molecule has 0 unspecified atom stereocenters. The third-order valence-electron chi connectivity index (χ3n) is 4.27. The number of aromatic nitrogens is 1. The Morgan fingerprint density at radius 3 is 2.65 bits per heavy atom. The second-order valence-corrected chi connectivity index (χ2v) is 8.19. The molecule has 1 aromatic carbocycles. The van der Waals surface area contributed by atoms with Crippen LogP contribution in [0.1, 0.15) is 41.9 Å². The molecule has 26 heavy (non-hydrogen) atoms. The Labute approximate surface area is 160 Å². The first kappa shape index (κ1) is 20.2. The predicted octanol–water partition coefficient (Wildman–Crippen LogP) is 3.80. The number of guanidine groups is 1. The lowest BCUT2D eigenvalue weighted by Crippen LogP contribution is -2.43. The topological polar surface area (TPSA) is 58.5 Å². The largest absolute Gasteiger partial charge is 0.497 e. The monoisotopic (exact) mass is 374 g/mol. The molecule has 142 valence electrons. The molecule has 0 atom stereocenters. The standard InChI is InChI=1S/C20H30N4OS/c1-7-21-19(22-12-18-14(2)24-15(3)26-18)23-13-20(4,5)16-9-8-10-17(11-16)25-6/h8-11H,7,12-13H2,1-6H3,(H2,21,22,23). The van der Waals surface area contributed by atoms with Gasteiger partial charge in [-0.3, -0.25) is 0 Å². The van der Waals surface area contributed by atoms with Gasteiger partial charge in [-0.15, -0.1) is 11.3 Å². The van der Waals surface area contributed by atoms with E-state index in [2.05, 4.69) is 48.5 Å². The third-order valence-corrected chi connectivity index (χ3v) is 5.33. The van der Waals surface area contributed by atoms with Crippen LogP contribution in [0.25, 0.3) is 0 Å². The van der Waals surface area contributed by atoms with Crippen LogP contribution in [-0.2, 0) is 12.0 Å². The number of hydrogen-bond acceptors (Lipinski definition) is 4. The van der Waals surface area contributed by atoms with E-state index in [1.54, 1.807) is 18.4 Å². The fraction of sp³-hybridized carbons (Fsp3) is 0.500. The predicted molar refractivity (Wildman–Crippen MR) is 110 cm³/mol. The highest BCUT2D eigenvalue weighted by molar-refractivity contribution is 7.11. The van der Waals surface area contributed by atoms with Gasteiger partial charge in [0.05, 0.1) is 24.4 Å². The zero-order valence-corrected chi connectivity index (χ0v) is 17.5. The molecule has 2 aromatic rings. The van der Waals surface area contributed by atoms with Gasteiger partial charge in [0.25, 0.3) is 0 Å². The Morgan fingerprint density at radius 2 is 2.04 bits per heavy atom. The SMILES string of the molecule is CCNC(=NCc1sc(C)nc1C)NCC(C)(C)c1cccc(OC)c1. The van der Waals surface area contributed by atoms with Crippen LogP contribution in [0.5, 0.6) is 5.75 Å². The lowest BCUT2D eigenvalue weighted by atomic mass is 9.84. The van der Waals surface area contributed by atoms with Gasteiger partial charge in [0.15, 0.2) is 5.96 Å². The average Bonchev–Trinajstić information content (AvgIpc) is 2.95. The molecule has 1 aromatic heterocycles. The van der Waals surface area contributed by atoms with Gasteiger partial charge in [-0.2, -0.15) is 0 Å². The van der Waals surface area contributed by atoms with Crippen LogP contribution in [-0.4, -0.2) is 31.1 Å². The Hall–Kier alpha value is -2.08. The number of ether oxygens (including phenoxy) is 1. The van der Waals surface area contributed by atoms with Crippen molar-refractivity contribution < 1.29 is 4.74 Å². The lowest BCUT2D eigenvalue weighted by molar-refractivity contribution is 0.411. The fourth-order valence-corrected chi connectivity index (χ4v) is 3.53. The summed E-state index contributed by atoms with van der Waals surface area (Å²) < 4.78 is 5.35. The van der Waals surface area contributed by atoms with E-state index in [4.69, 9.17) is 9.73 Å². The van der Waals surface area contributed by atoms with Gasteiger partial charge in [0.2, 0.25) is 0 Å². The van der Waals surface area contributed by atoms with Crippen molar-refractivity contribution in [1.82, 2.24) is 15.6 Å². The molecule has 0 radical (unpaired) electrons. The molecule has 1 heterocycles. The Bertz CT molecular complexity index is 752. The number of nitrogens with zero attached hydrogens (tertiary/aromatic N) is 2. The van der Waals surface area contributed by atoms with Crippen LogP contribution < -0.4 is 15.4 Å². The first-order chi connectivity index (χ1) is 12.4. The molecule has 6 heteroatoms. The van der Waals surface area contributed by atoms with E-state index in [1.807, 2.05) is 26.0 Å². The molecular weight excluding hydrogens is 344 g/mol. The normalized spacial score (nSPS) is 12.2. The number of rotatable bonds is 7. The highest BCUT2D eigenvalue weighted by atomic mass is 32.1. The molecule has 5 nitrogen and oxygen atoms in total. The molecule has 0 bridgehead atoms. The Balaban J connectivity index is 2.06. The maximum atomic E-state index is 5.35. The summed E-state index contributed by atoms with van der Waals surface area (Å²) in [6, 6.07) is 8.23. The second kappa shape index (κ2) is 9.03. The number of thiazole rings is 1. The van der Waals surface area contributed by atoms with Gasteiger partial charge >= 0.3 is 0 Å². The minimum Gasteiger partial charge on any atom is -0.497 e. The quantitative estimate of drug-likeness (QED) is 0.572. The number of aliphatic imine (C=N–C) groups is 1. The van der Waals surface area contributed by atoms with E-state index in [9.17, 15) is 0 Å². The average molecular weight is 375 g/mol. The van der Waals surface area contributed by atoms with Gasteiger partial charge < -0.3 is 15.4 Å². The minimum atomic E-state index is -0.0538. The van der Waals surface area contributed by atoms with Gasteiger partial charge in [-0.25, -0.2) is 9.98 Å². The van der Waals surface area contributed by atoms with Crippen molar-refractivity contribution in [3.63, 3.8) is 0 Å². The zero-order chi connectivity index (χ0) is 19.2. The van der Waals surface area contributed by atoms with E-state index in [0.29, 0.717) is 6.54 Å². The third kappa shape index (κ3) is 5.46. The molecule has 0 saturated heterocycles. The number of benzene rings is 1. The molecule has 0 aliphatic rings. The van der Waals surface area contributed by atoms with Crippen LogP contribution in [0.4, 0.5) is 0 Å². The summed E-state index contributed by atoms with van der Waals surface area (Å²) in [6.45, 7) is 12.8. The number of hydrogen-bond donors (Lipinski definition) is 2. The maximum absolute atomic E-state index is 5.35. The van der Waals surface area contributed by atoms with Crippen LogP contribution >= 0.6 is 11.3 Å². The first-order valence-corrected chi connectivity index (χ1v) is 9.77. The highest BCUT2D eigenvalue weighted by Crippen LogP contribution is 2.25. The molecule has 0 fully saturated rings. The number of methoxy groups -OCH3 is 1. The summed E-state index contributed by atoms with van der Waals surface area (Å²) in [5.74, 6) is 1.71. The second-order valence-electron chi connectivity index (χ2n) is 6.91. The maximum Gasteiger partial charge on any atom is 0.191 e. The van der Waals surface area contributed by atoms with E-state index >= 15 is 0 Å². The first-order valence-electron chi connectivity index (χ1n) is 8.95. The van der Waals surface area contributed by atoms with E-state index in [-0.39, 0.29) is 5.41 Å². The summed E-state index contributed by atoms with van der Waals surface area (Å²) in [5.41, 5.74) is 2.25. The van der Waals surface area contributed by atoms with Crippen LogP contribution in [0, 0.1) is 13.8 Å². The van der Waals surface area contributed by atoms with Gasteiger partial charge in [-0.1, -0.05) is 26.0 Å². The van der Waals surface area contributed by atoms with Crippen molar-refractivity contribution in [2.24, 2.45) is 4.99 Å². The van der Waals surface area contributed by atoms with Crippen molar-refractivity contribution in [3.05, 3.63) is 45.4 Å². The summed E-state index contributed by atoms with van der Waals surface area (Å²) in [4.78, 5) is 10.4. The molecule has 2 N–H and O–H groups in total. The van der Waals surface area contributed by atoms with Crippen LogP contribution in [0.2, 0.25) is 0 Å². The molecule has 0 amide bonds. The van der Waals surface area contributed by atoms with Crippen molar-refractivity contribution in [2.45, 2.75) is 46.6 Å². The summed E-state index contributed by atoms with van der Waals surface area (Å²) in [5, 5.41) is 7.89. The smallest absolute Gasteiger partial charge is 0.191 e. The highest BCUT2D eigenvalue weighted by Gasteiger charge is 2.21. The molecule has 0 spiro atoms. The fourth-order valence-electron chi connectivity index (χ4n) is 2.66.